The Bertz CT molecular complexity index is 1210. The van der Waals surface area contributed by atoms with Gasteiger partial charge in [-0.3, -0.25) is 9.59 Å². The predicted molar refractivity (Wildman–Crippen MR) is 116 cm³/mol. The fourth-order valence-electron chi connectivity index (χ4n) is 3.14. The van der Waals surface area contributed by atoms with Crippen molar-refractivity contribution in [2.24, 2.45) is 0 Å². The van der Waals surface area contributed by atoms with Crippen LogP contribution < -0.4 is 5.32 Å². The number of aromatic nitrogens is 3. The molecule has 2 heterocycles. The van der Waals surface area contributed by atoms with Gasteiger partial charge in [0.2, 0.25) is 5.91 Å². The molecular formula is C22H20N4O3S. The second kappa shape index (κ2) is 8.54. The fraction of sp³-hybridized carbons (Fsp3) is 0.182. The number of furan rings is 1. The highest BCUT2D eigenvalue weighted by molar-refractivity contribution is 7.99. The molecule has 7 nitrogen and oxygen atoms in total. The van der Waals surface area contributed by atoms with Gasteiger partial charge in [0, 0.05) is 12.3 Å². The minimum atomic E-state index is -0.249. The minimum Gasteiger partial charge on any atom is -0.451 e. The van der Waals surface area contributed by atoms with Gasteiger partial charge in [0.25, 0.3) is 0 Å². The topological polar surface area (TPSA) is 90.0 Å². The summed E-state index contributed by atoms with van der Waals surface area (Å²) in [6.07, 6.45) is 0. The number of fused-ring (bicyclic) bond motifs is 1. The average molecular weight is 420 g/mol. The summed E-state index contributed by atoms with van der Waals surface area (Å²) in [6, 6.07) is 17.2. The molecular weight excluding hydrogens is 400 g/mol. The molecule has 2 aromatic carbocycles. The molecule has 0 spiro atoms. The van der Waals surface area contributed by atoms with Crippen LogP contribution in [0.3, 0.4) is 0 Å². The Balaban J connectivity index is 1.49. The van der Waals surface area contributed by atoms with Crippen LogP contribution in [0, 0.1) is 6.92 Å². The van der Waals surface area contributed by atoms with E-state index in [1.54, 1.807) is 6.07 Å². The second-order valence-corrected chi connectivity index (χ2v) is 7.74. The molecule has 0 saturated heterocycles. The minimum absolute atomic E-state index is 0.129. The molecule has 0 bridgehead atoms. The highest BCUT2D eigenvalue weighted by Gasteiger charge is 2.20. The number of nitrogens with zero attached hydrogens (tertiary/aromatic N) is 3. The highest BCUT2D eigenvalue weighted by atomic mass is 32.2. The molecule has 0 radical (unpaired) electrons. The SMILES string of the molecule is CC(=O)c1oc2ccccc2c1NC(=O)CSc1nnc(C)n1Cc1ccccc1. The Morgan fingerprint density at radius 3 is 2.57 bits per heavy atom. The van der Waals surface area contributed by atoms with Crippen molar-refractivity contribution in [3.8, 4) is 0 Å². The van der Waals surface area contributed by atoms with E-state index in [-0.39, 0.29) is 23.2 Å². The van der Waals surface area contributed by atoms with Crippen LogP contribution in [0.4, 0.5) is 5.69 Å². The summed E-state index contributed by atoms with van der Waals surface area (Å²) in [5.41, 5.74) is 2.09. The predicted octanol–water partition coefficient (Wildman–Crippen LogP) is 4.31. The number of rotatable bonds is 7. The van der Waals surface area contributed by atoms with Crippen molar-refractivity contribution in [2.45, 2.75) is 25.5 Å². The van der Waals surface area contributed by atoms with Crippen molar-refractivity contribution in [1.82, 2.24) is 14.8 Å². The standard InChI is InChI=1S/C22H20N4O3S/c1-14(27)21-20(17-10-6-7-11-18(17)29-21)23-19(28)13-30-22-25-24-15(2)26(22)12-16-8-4-3-5-9-16/h3-11H,12-13H2,1-2H3,(H,23,28). The summed E-state index contributed by atoms with van der Waals surface area (Å²) in [4.78, 5) is 24.6. The summed E-state index contributed by atoms with van der Waals surface area (Å²) in [6.45, 7) is 3.93. The van der Waals surface area contributed by atoms with Gasteiger partial charge < -0.3 is 14.3 Å². The number of nitrogens with one attached hydrogen (secondary N) is 1. The molecule has 0 unspecified atom stereocenters. The van der Waals surface area contributed by atoms with Crippen LogP contribution in [0.5, 0.6) is 0 Å². The van der Waals surface area contributed by atoms with Crippen molar-refractivity contribution in [2.75, 3.05) is 11.1 Å². The monoisotopic (exact) mass is 420 g/mol. The average Bonchev–Trinajstić information content (AvgIpc) is 3.28. The summed E-state index contributed by atoms with van der Waals surface area (Å²) in [5, 5.41) is 12.5. The van der Waals surface area contributed by atoms with E-state index in [0.29, 0.717) is 28.4 Å². The first-order valence-corrected chi connectivity index (χ1v) is 10.4. The van der Waals surface area contributed by atoms with Gasteiger partial charge in [0.1, 0.15) is 11.4 Å². The largest absolute Gasteiger partial charge is 0.451 e. The highest BCUT2D eigenvalue weighted by Crippen LogP contribution is 2.31. The number of anilines is 1. The number of thioether (sulfide) groups is 1. The van der Waals surface area contributed by atoms with Crippen molar-refractivity contribution in [3.05, 3.63) is 71.7 Å². The zero-order valence-electron chi connectivity index (χ0n) is 16.6. The molecule has 2 aromatic heterocycles. The smallest absolute Gasteiger partial charge is 0.234 e. The quantitative estimate of drug-likeness (QED) is 0.354. The summed E-state index contributed by atoms with van der Waals surface area (Å²) in [7, 11) is 0. The molecule has 0 aliphatic heterocycles. The molecule has 1 N–H and O–H groups in total. The number of hydrogen-bond donors (Lipinski definition) is 1. The molecule has 0 aliphatic rings. The molecule has 0 saturated carbocycles. The molecule has 152 valence electrons. The van der Waals surface area contributed by atoms with Gasteiger partial charge in [-0.1, -0.05) is 54.2 Å². The van der Waals surface area contributed by atoms with Crippen LogP contribution in [-0.4, -0.2) is 32.2 Å². The maximum atomic E-state index is 12.6. The first-order chi connectivity index (χ1) is 14.5. The Morgan fingerprint density at radius 2 is 1.80 bits per heavy atom. The number of hydrogen-bond acceptors (Lipinski definition) is 6. The maximum Gasteiger partial charge on any atom is 0.234 e. The van der Waals surface area contributed by atoms with Crippen molar-refractivity contribution in [3.63, 3.8) is 0 Å². The van der Waals surface area contributed by atoms with Gasteiger partial charge in [0.05, 0.1) is 18.0 Å². The van der Waals surface area contributed by atoms with Gasteiger partial charge in [0.15, 0.2) is 16.7 Å². The summed E-state index contributed by atoms with van der Waals surface area (Å²) in [5.74, 6) is 0.566. The number of amides is 1. The van der Waals surface area contributed by atoms with Gasteiger partial charge in [-0.15, -0.1) is 10.2 Å². The lowest BCUT2D eigenvalue weighted by Crippen LogP contribution is -2.16. The normalized spacial score (nSPS) is 11.0. The number of benzene rings is 2. The Hall–Kier alpha value is -3.39. The molecule has 0 aliphatic carbocycles. The zero-order valence-corrected chi connectivity index (χ0v) is 17.4. The van der Waals surface area contributed by atoms with E-state index in [0.717, 1.165) is 11.4 Å². The van der Waals surface area contributed by atoms with E-state index in [4.69, 9.17) is 4.42 Å². The number of aryl methyl sites for hydroxylation is 1. The fourth-order valence-corrected chi connectivity index (χ4v) is 3.92. The number of carbonyl (C=O) groups excluding carboxylic acids is 2. The summed E-state index contributed by atoms with van der Waals surface area (Å²) >= 11 is 1.30. The number of ketones is 1. The van der Waals surface area contributed by atoms with Crippen molar-refractivity contribution < 1.29 is 14.0 Å². The van der Waals surface area contributed by atoms with Crippen LogP contribution in [0.25, 0.3) is 11.0 Å². The first kappa shape index (κ1) is 19.9. The van der Waals surface area contributed by atoms with Gasteiger partial charge >= 0.3 is 0 Å². The third-order valence-corrected chi connectivity index (χ3v) is 5.56. The van der Waals surface area contributed by atoms with Gasteiger partial charge in [-0.25, -0.2) is 0 Å². The van der Waals surface area contributed by atoms with Gasteiger partial charge in [-0.05, 0) is 24.6 Å². The van der Waals surface area contributed by atoms with Gasteiger partial charge in [-0.2, -0.15) is 0 Å². The molecule has 30 heavy (non-hydrogen) atoms. The van der Waals surface area contributed by atoms with E-state index in [9.17, 15) is 9.59 Å². The molecule has 4 rings (SSSR count). The first-order valence-electron chi connectivity index (χ1n) is 9.42. The Labute approximate surface area is 177 Å². The van der Waals surface area contributed by atoms with E-state index in [1.807, 2.05) is 60.0 Å². The van der Waals surface area contributed by atoms with Crippen LogP contribution >= 0.6 is 11.8 Å². The van der Waals surface area contributed by atoms with E-state index in [2.05, 4.69) is 15.5 Å². The third kappa shape index (κ3) is 4.13. The Morgan fingerprint density at radius 1 is 1.07 bits per heavy atom. The molecule has 1 amide bonds. The molecule has 0 atom stereocenters. The molecule has 8 heteroatoms. The lowest BCUT2D eigenvalue weighted by atomic mass is 10.2. The van der Waals surface area contributed by atoms with Crippen LogP contribution in [0.15, 0.2) is 64.2 Å². The van der Waals surface area contributed by atoms with Crippen molar-refractivity contribution in [1.29, 1.82) is 0 Å². The van der Waals surface area contributed by atoms with Crippen LogP contribution in [0.2, 0.25) is 0 Å². The van der Waals surface area contributed by atoms with Crippen LogP contribution in [-0.2, 0) is 11.3 Å². The van der Waals surface area contributed by atoms with Crippen molar-refractivity contribution >= 4 is 40.1 Å². The Kier molecular flexibility index (Phi) is 5.67. The van der Waals surface area contributed by atoms with E-state index >= 15 is 0 Å². The number of carbonyl (C=O) groups is 2. The van der Waals surface area contributed by atoms with Crippen LogP contribution in [0.1, 0.15) is 28.9 Å². The summed E-state index contributed by atoms with van der Waals surface area (Å²) < 4.78 is 7.59. The molecule has 0 fully saturated rings. The lowest BCUT2D eigenvalue weighted by molar-refractivity contribution is -0.113. The molecule has 4 aromatic rings. The number of Topliss-reactive ketones (excluding diaryl/α,β-unsaturated/α-hetero) is 1. The lowest BCUT2D eigenvalue weighted by Gasteiger charge is -2.09. The maximum absolute atomic E-state index is 12.6. The third-order valence-electron chi connectivity index (χ3n) is 4.60. The number of para-hydroxylation sites is 1. The van der Waals surface area contributed by atoms with E-state index in [1.165, 1.54) is 18.7 Å². The second-order valence-electron chi connectivity index (χ2n) is 6.80. The zero-order chi connectivity index (χ0) is 21.1. The van der Waals surface area contributed by atoms with E-state index < -0.39 is 0 Å².